The lowest BCUT2D eigenvalue weighted by atomic mass is 9.97. The van der Waals surface area contributed by atoms with Crippen LogP contribution >= 0.6 is 0 Å². The Morgan fingerprint density at radius 1 is 0.857 bits per heavy atom. The molecular weight excluding hydrogens is 258 g/mol. The summed E-state index contributed by atoms with van der Waals surface area (Å²) < 4.78 is 5.78. The highest BCUT2D eigenvalue weighted by Crippen LogP contribution is 2.30. The topological polar surface area (TPSA) is 26.0 Å². The maximum Gasteiger partial charge on any atom is 0.227 e. The summed E-state index contributed by atoms with van der Waals surface area (Å²) in [4.78, 5) is 4.70. The summed E-state index contributed by atoms with van der Waals surface area (Å²) in [5.41, 5.74) is 5.70. The minimum atomic E-state index is 0.725. The average molecular weight is 277 g/mol. The zero-order valence-electron chi connectivity index (χ0n) is 12.5. The largest absolute Gasteiger partial charge is 0.444 e. The molecule has 0 aliphatic heterocycles. The zero-order valence-corrected chi connectivity index (χ0v) is 12.5. The first-order valence-electron chi connectivity index (χ1n) is 7.45. The Morgan fingerprint density at radius 2 is 1.52 bits per heavy atom. The number of rotatable bonds is 4. The number of hydrogen-bond donors (Lipinski definition) is 0. The van der Waals surface area contributed by atoms with Gasteiger partial charge >= 0.3 is 0 Å². The summed E-state index contributed by atoms with van der Waals surface area (Å²) in [7, 11) is 0. The molecule has 0 saturated carbocycles. The Balaban J connectivity index is 2.08. The maximum atomic E-state index is 5.78. The van der Waals surface area contributed by atoms with Crippen LogP contribution in [0.25, 0.3) is 22.7 Å². The number of nitrogens with zero attached hydrogens (tertiary/aromatic N) is 1. The molecule has 2 nitrogen and oxygen atoms in total. The summed E-state index contributed by atoms with van der Waals surface area (Å²) in [6.45, 7) is 4.33. The van der Waals surface area contributed by atoms with Crippen molar-refractivity contribution in [2.45, 2.75) is 26.7 Å². The van der Waals surface area contributed by atoms with Crippen LogP contribution in [0.5, 0.6) is 0 Å². The van der Waals surface area contributed by atoms with Crippen LogP contribution in [-0.2, 0) is 12.8 Å². The van der Waals surface area contributed by atoms with Gasteiger partial charge in [0.1, 0.15) is 12.0 Å². The van der Waals surface area contributed by atoms with Gasteiger partial charge < -0.3 is 4.42 Å². The van der Waals surface area contributed by atoms with Gasteiger partial charge in [0, 0.05) is 11.1 Å². The molecule has 1 aromatic heterocycles. The molecule has 3 rings (SSSR count). The first-order chi connectivity index (χ1) is 10.3. The molecule has 0 fully saturated rings. The van der Waals surface area contributed by atoms with Crippen LogP contribution in [0.2, 0.25) is 0 Å². The van der Waals surface area contributed by atoms with Crippen molar-refractivity contribution in [1.82, 2.24) is 4.98 Å². The van der Waals surface area contributed by atoms with E-state index in [0.29, 0.717) is 0 Å². The fourth-order valence-electron chi connectivity index (χ4n) is 2.65. The van der Waals surface area contributed by atoms with Crippen LogP contribution in [0, 0.1) is 0 Å². The SMILES string of the molecule is CCc1cccc(CC)c1-c1nc(-c2ccccc2)co1. The first-order valence-corrected chi connectivity index (χ1v) is 7.45. The third kappa shape index (κ3) is 2.62. The highest BCUT2D eigenvalue weighted by Gasteiger charge is 2.14. The summed E-state index contributed by atoms with van der Waals surface area (Å²) in [5, 5.41) is 0. The van der Waals surface area contributed by atoms with Gasteiger partial charge in [-0.15, -0.1) is 0 Å². The molecule has 1 heterocycles. The summed E-state index contributed by atoms with van der Waals surface area (Å²) in [6.07, 6.45) is 3.70. The third-order valence-corrected chi connectivity index (χ3v) is 3.79. The lowest BCUT2D eigenvalue weighted by Crippen LogP contribution is -1.94. The van der Waals surface area contributed by atoms with Crippen LogP contribution in [0.15, 0.2) is 59.2 Å². The van der Waals surface area contributed by atoms with Gasteiger partial charge in [-0.05, 0) is 24.0 Å². The van der Waals surface area contributed by atoms with E-state index in [0.717, 1.165) is 35.6 Å². The minimum Gasteiger partial charge on any atom is -0.444 e. The summed E-state index contributed by atoms with van der Waals surface area (Å²) in [5.74, 6) is 0.725. The van der Waals surface area contributed by atoms with Crippen LogP contribution < -0.4 is 0 Å². The zero-order chi connectivity index (χ0) is 14.7. The molecule has 3 aromatic rings. The molecule has 0 atom stereocenters. The molecule has 0 aliphatic carbocycles. The first kappa shape index (κ1) is 13.6. The molecule has 0 radical (unpaired) electrons. The smallest absolute Gasteiger partial charge is 0.227 e. The van der Waals surface area contributed by atoms with Gasteiger partial charge in [-0.3, -0.25) is 0 Å². The number of hydrogen-bond acceptors (Lipinski definition) is 2. The normalized spacial score (nSPS) is 10.8. The summed E-state index contributed by atoms with van der Waals surface area (Å²) in [6, 6.07) is 16.6. The Morgan fingerprint density at radius 3 is 2.14 bits per heavy atom. The second-order valence-electron chi connectivity index (χ2n) is 5.06. The van der Waals surface area contributed by atoms with E-state index in [1.54, 1.807) is 6.26 Å². The van der Waals surface area contributed by atoms with Crippen molar-refractivity contribution in [3.8, 4) is 22.7 Å². The number of oxazole rings is 1. The number of benzene rings is 2. The molecule has 0 aliphatic rings. The fourth-order valence-corrected chi connectivity index (χ4v) is 2.65. The molecule has 106 valence electrons. The highest BCUT2D eigenvalue weighted by molar-refractivity contribution is 5.67. The highest BCUT2D eigenvalue weighted by atomic mass is 16.3. The van der Waals surface area contributed by atoms with Crippen LogP contribution in [0.3, 0.4) is 0 Å². The van der Waals surface area contributed by atoms with Gasteiger partial charge in [-0.25, -0.2) is 4.98 Å². The van der Waals surface area contributed by atoms with Crippen molar-refractivity contribution in [2.24, 2.45) is 0 Å². The quantitative estimate of drug-likeness (QED) is 0.660. The molecule has 0 bridgehead atoms. The Kier molecular flexibility index (Phi) is 3.87. The summed E-state index contributed by atoms with van der Waals surface area (Å²) >= 11 is 0. The number of aromatic nitrogens is 1. The molecule has 2 aromatic carbocycles. The van der Waals surface area contributed by atoms with E-state index in [4.69, 9.17) is 9.40 Å². The van der Waals surface area contributed by atoms with Gasteiger partial charge in [0.25, 0.3) is 0 Å². The molecule has 2 heteroatoms. The van der Waals surface area contributed by atoms with Crippen LogP contribution in [-0.4, -0.2) is 4.98 Å². The van der Waals surface area contributed by atoms with Crippen molar-refractivity contribution < 1.29 is 4.42 Å². The maximum absolute atomic E-state index is 5.78. The molecule has 0 spiro atoms. The van der Waals surface area contributed by atoms with Crippen molar-refractivity contribution in [2.75, 3.05) is 0 Å². The predicted octanol–water partition coefficient (Wildman–Crippen LogP) is 5.13. The Bertz CT molecular complexity index is 706. The predicted molar refractivity (Wildman–Crippen MR) is 86.1 cm³/mol. The standard InChI is InChI=1S/C19H19NO/c1-3-14-11-8-12-15(4-2)18(14)19-20-17(13-21-19)16-9-6-5-7-10-16/h5-13H,3-4H2,1-2H3. The average Bonchev–Trinajstić information content (AvgIpc) is 3.04. The van der Waals surface area contributed by atoms with E-state index in [1.807, 2.05) is 30.3 Å². The van der Waals surface area contributed by atoms with Crippen molar-refractivity contribution in [3.05, 3.63) is 65.9 Å². The fraction of sp³-hybridized carbons (Fsp3) is 0.211. The van der Waals surface area contributed by atoms with E-state index in [-0.39, 0.29) is 0 Å². The second kappa shape index (κ2) is 5.96. The van der Waals surface area contributed by atoms with E-state index < -0.39 is 0 Å². The van der Waals surface area contributed by atoms with Gasteiger partial charge in [-0.2, -0.15) is 0 Å². The molecule has 0 saturated heterocycles. The van der Waals surface area contributed by atoms with E-state index >= 15 is 0 Å². The third-order valence-electron chi connectivity index (χ3n) is 3.79. The molecule has 0 amide bonds. The lowest BCUT2D eigenvalue weighted by Gasteiger charge is -2.09. The number of aryl methyl sites for hydroxylation is 2. The van der Waals surface area contributed by atoms with E-state index in [2.05, 4.69) is 32.0 Å². The van der Waals surface area contributed by atoms with E-state index in [1.165, 1.54) is 11.1 Å². The van der Waals surface area contributed by atoms with Crippen molar-refractivity contribution in [1.29, 1.82) is 0 Å². The Hall–Kier alpha value is -2.35. The molecule has 0 unspecified atom stereocenters. The van der Waals surface area contributed by atoms with Gasteiger partial charge in [0.05, 0.1) is 0 Å². The lowest BCUT2D eigenvalue weighted by molar-refractivity contribution is 0.573. The van der Waals surface area contributed by atoms with E-state index in [9.17, 15) is 0 Å². The van der Waals surface area contributed by atoms with Crippen LogP contribution in [0.1, 0.15) is 25.0 Å². The Labute approximate surface area is 125 Å². The second-order valence-corrected chi connectivity index (χ2v) is 5.06. The molecule has 0 N–H and O–H groups in total. The molecule has 21 heavy (non-hydrogen) atoms. The minimum absolute atomic E-state index is 0.725. The van der Waals surface area contributed by atoms with Crippen molar-refractivity contribution in [3.63, 3.8) is 0 Å². The van der Waals surface area contributed by atoms with Gasteiger partial charge in [-0.1, -0.05) is 62.4 Å². The van der Waals surface area contributed by atoms with Gasteiger partial charge in [0.2, 0.25) is 5.89 Å². The van der Waals surface area contributed by atoms with Gasteiger partial charge in [0.15, 0.2) is 0 Å². The monoisotopic (exact) mass is 277 g/mol. The van der Waals surface area contributed by atoms with Crippen LogP contribution in [0.4, 0.5) is 0 Å². The van der Waals surface area contributed by atoms with Crippen molar-refractivity contribution >= 4 is 0 Å². The molecular formula is C19H19NO.